The molecule has 21 heavy (non-hydrogen) atoms. The van der Waals surface area contributed by atoms with Crippen LogP contribution in [-0.2, 0) is 6.54 Å². The third-order valence-corrected chi connectivity index (χ3v) is 3.68. The highest BCUT2D eigenvalue weighted by atomic mass is 35.5. The number of imidazole rings is 1. The Morgan fingerprint density at radius 1 is 1.33 bits per heavy atom. The predicted octanol–water partition coefficient (Wildman–Crippen LogP) is 3.99. The van der Waals surface area contributed by atoms with E-state index >= 15 is 0 Å². The summed E-state index contributed by atoms with van der Waals surface area (Å²) in [7, 11) is 0. The molecule has 0 fully saturated rings. The number of halogens is 2. The van der Waals surface area contributed by atoms with Gasteiger partial charge >= 0.3 is 0 Å². The van der Waals surface area contributed by atoms with Crippen molar-refractivity contribution in [1.29, 1.82) is 0 Å². The molecule has 6 heteroatoms. The van der Waals surface area contributed by atoms with Crippen LogP contribution in [0.4, 0.5) is 4.39 Å². The van der Waals surface area contributed by atoms with Gasteiger partial charge in [-0.2, -0.15) is 5.10 Å². The molecular formula is C15H16ClFN4. The molecule has 2 heterocycles. The summed E-state index contributed by atoms with van der Waals surface area (Å²) in [5.41, 5.74) is 2.81. The normalized spacial score (nSPS) is 13.0. The maximum Gasteiger partial charge on any atom is 0.163 e. The molecular weight excluding hydrogens is 291 g/mol. The van der Waals surface area contributed by atoms with Crippen molar-refractivity contribution in [1.82, 2.24) is 19.3 Å². The fraction of sp³-hybridized carbons (Fsp3) is 0.333. The molecule has 1 unspecified atom stereocenters. The van der Waals surface area contributed by atoms with E-state index in [1.807, 2.05) is 25.5 Å². The Kier molecular flexibility index (Phi) is 3.45. The van der Waals surface area contributed by atoms with Crippen LogP contribution in [-0.4, -0.2) is 19.3 Å². The van der Waals surface area contributed by atoms with Crippen molar-refractivity contribution < 1.29 is 4.39 Å². The van der Waals surface area contributed by atoms with Crippen LogP contribution in [0.15, 0.2) is 24.3 Å². The second-order valence-electron chi connectivity index (χ2n) is 4.95. The van der Waals surface area contributed by atoms with Crippen LogP contribution in [0.25, 0.3) is 16.9 Å². The minimum absolute atomic E-state index is 0.308. The number of aromatic nitrogens is 4. The molecule has 0 amide bonds. The summed E-state index contributed by atoms with van der Waals surface area (Å²) in [6.45, 7) is 6.41. The zero-order valence-electron chi connectivity index (χ0n) is 12.1. The lowest BCUT2D eigenvalue weighted by atomic mass is 10.3. The average molecular weight is 307 g/mol. The van der Waals surface area contributed by atoms with Crippen LogP contribution in [0.1, 0.15) is 30.7 Å². The van der Waals surface area contributed by atoms with E-state index in [2.05, 4.69) is 10.1 Å². The van der Waals surface area contributed by atoms with E-state index < -0.39 is 0 Å². The van der Waals surface area contributed by atoms with Crippen molar-refractivity contribution in [3.8, 4) is 5.69 Å². The zero-order chi connectivity index (χ0) is 15.1. The Hall–Kier alpha value is -1.88. The molecule has 0 bridgehead atoms. The maximum absolute atomic E-state index is 14.2. The van der Waals surface area contributed by atoms with Crippen LogP contribution in [0.2, 0.25) is 0 Å². The van der Waals surface area contributed by atoms with Gasteiger partial charge in [0.25, 0.3) is 0 Å². The molecule has 0 saturated heterocycles. The summed E-state index contributed by atoms with van der Waals surface area (Å²) in [5.74, 6) is 0.316. The number of hydrogen-bond donors (Lipinski definition) is 0. The molecule has 3 rings (SSSR count). The minimum atomic E-state index is -0.332. The number of benzene rings is 1. The molecule has 2 aromatic heterocycles. The number of hydrogen-bond acceptors (Lipinski definition) is 2. The third-order valence-electron chi connectivity index (χ3n) is 3.49. The summed E-state index contributed by atoms with van der Waals surface area (Å²) in [6, 6.07) is 6.62. The fourth-order valence-electron chi connectivity index (χ4n) is 2.54. The lowest BCUT2D eigenvalue weighted by molar-refractivity contribution is 0.609. The number of aryl methyl sites for hydroxylation is 2. The molecule has 0 saturated carbocycles. The van der Waals surface area contributed by atoms with Crippen molar-refractivity contribution in [2.75, 3.05) is 0 Å². The molecule has 1 aromatic carbocycles. The minimum Gasteiger partial charge on any atom is -0.277 e. The Labute approximate surface area is 127 Å². The molecule has 0 aliphatic carbocycles. The number of alkyl halides is 1. The van der Waals surface area contributed by atoms with Crippen LogP contribution in [0.3, 0.4) is 0 Å². The smallest absolute Gasteiger partial charge is 0.163 e. The largest absolute Gasteiger partial charge is 0.277 e. The molecule has 4 nitrogen and oxygen atoms in total. The standard InChI is InChI=1S/C15H16ClFN4/c1-4-20-15-13(10(3)19-20)18-14(9(2)16)21(15)12-8-6-5-7-11(12)17/h5-9H,4H2,1-3H3. The Bertz CT molecular complexity index is 803. The molecule has 0 radical (unpaired) electrons. The SMILES string of the molecule is CCn1nc(C)c2nc(C(C)Cl)n(-c3ccccc3F)c21. The van der Waals surface area contributed by atoms with Gasteiger partial charge in [0.15, 0.2) is 5.65 Å². The lowest BCUT2D eigenvalue weighted by Gasteiger charge is -2.12. The lowest BCUT2D eigenvalue weighted by Crippen LogP contribution is -2.08. The van der Waals surface area contributed by atoms with Gasteiger partial charge in [0.05, 0.1) is 16.8 Å². The quantitative estimate of drug-likeness (QED) is 0.686. The van der Waals surface area contributed by atoms with Crippen molar-refractivity contribution in [2.45, 2.75) is 32.7 Å². The van der Waals surface area contributed by atoms with Crippen molar-refractivity contribution in [3.63, 3.8) is 0 Å². The predicted molar refractivity (Wildman–Crippen MR) is 81.5 cm³/mol. The van der Waals surface area contributed by atoms with Crippen molar-refractivity contribution in [3.05, 3.63) is 41.6 Å². The number of nitrogens with zero attached hydrogens (tertiary/aromatic N) is 4. The van der Waals surface area contributed by atoms with Crippen LogP contribution in [0, 0.1) is 12.7 Å². The van der Waals surface area contributed by atoms with E-state index in [4.69, 9.17) is 11.6 Å². The van der Waals surface area contributed by atoms with Gasteiger partial charge in [0.1, 0.15) is 17.2 Å². The first kappa shape index (κ1) is 14.1. The van der Waals surface area contributed by atoms with Crippen molar-refractivity contribution >= 4 is 22.8 Å². The van der Waals surface area contributed by atoms with Crippen LogP contribution >= 0.6 is 11.6 Å². The van der Waals surface area contributed by atoms with Gasteiger partial charge in [-0.3, -0.25) is 4.57 Å². The van der Waals surface area contributed by atoms with E-state index in [1.165, 1.54) is 6.07 Å². The topological polar surface area (TPSA) is 35.6 Å². The Morgan fingerprint density at radius 3 is 2.67 bits per heavy atom. The highest BCUT2D eigenvalue weighted by molar-refractivity contribution is 6.20. The van der Waals surface area contributed by atoms with Crippen molar-refractivity contribution in [2.24, 2.45) is 0 Å². The van der Waals surface area contributed by atoms with Crippen LogP contribution < -0.4 is 0 Å². The van der Waals surface area contributed by atoms with Gasteiger partial charge in [0.2, 0.25) is 0 Å². The zero-order valence-corrected chi connectivity index (χ0v) is 12.9. The summed E-state index contributed by atoms with van der Waals surface area (Å²) in [4.78, 5) is 4.58. The summed E-state index contributed by atoms with van der Waals surface area (Å²) >= 11 is 6.25. The molecule has 110 valence electrons. The highest BCUT2D eigenvalue weighted by Crippen LogP contribution is 2.30. The first-order valence-corrected chi connectivity index (χ1v) is 7.33. The Balaban J connectivity index is 2.43. The van der Waals surface area contributed by atoms with Crippen LogP contribution in [0.5, 0.6) is 0 Å². The van der Waals surface area contributed by atoms with Gasteiger partial charge in [-0.1, -0.05) is 12.1 Å². The molecule has 0 aliphatic rings. The second kappa shape index (κ2) is 5.15. The number of rotatable bonds is 3. The van der Waals surface area contributed by atoms with E-state index in [-0.39, 0.29) is 11.2 Å². The van der Waals surface area contributed by atoms with E-state index in [1.54, 1.807) is 22.8 Å². The second-order valence-corrected chi connectivity index (χ2v) is 5.60. The molecule has 0 spiro atoms. The molecule has 0 N–H and O–H groups in total. The molecule has 0 aliphatic heterocycles. The van der Waals surface area contributed by atoms with E-state index in [0.29, 0.717) is 18.1 Å². The highest BCUT2D eigenvalue weighted by Gasteiger charge is 2.23. The number of para-hydroxylation sites is 1. The van der Waals surface area contributed by atoms with Gasteiger partial charge in [0, 0.05) is 6.54 Å². The average Bonchev–Trinajstić information content (AvgIpc) is 2.98. The van der Waals surface area contributed by atoms with Gasteiger partial charge in [-0.25, -0.2) is 14.1 Å². The van der Waals surface area contributed by atoms with Gasteiger partial charge in [-0.15, -0.1) is 11.6 Å². The first-order chi connectivity index (χ1) is 10.0. The van der Waals surface area contributed by atoms with Gasteiger partial charge < -0.3 is 0 Å². The molecule has 3 aromatic rings. The molecule has 1 atom stereocenters. The maximum atomic E-state index is 14.2. The van der Waals surface area contributed by atoms with E-state index in [9.17, 15) is 4.39 Å². The summed E-state index contributed by atoms with van der Waals surface area (Å²) < 4.78 is 17.8. The monoisotopic (exact) mass is 306 g/mol. The number of fused-ring (bicyclic) bond motifs is 1. The third kappa shape index (κ3) is 2.12. The summed E-state index contributed by atoms with van der Waals surface area (Å²) in [6.07, 6.45) is 0. The first-order valence-electron chi connectivity index (χ1n) is 6.89. The fourth-order valence-corrected chi connectivity index (χ4v) is 2.69. The van der Waals surface area contributed by atoms with Gasteiger partial charge in [-0.05, 0) is 32.9 Å². The Morgan fingerprint density at radius 2 is 2.05 bits per heavy atom. The van der Waals surface area contributed by atoms with E-state index in [0.717, 1.165) is 16.9 Å². The summed E-state index contributed by atoms with van der Waals surface area (Å²) in [5, 5.41) is 4.12.